The number of hydrogen-bond acceptors (Lipinski definition) is 2. The summed E-state index contributed by atoms with van der Waals surface area (Å²) in [5.74, 6) is 0. The molecule has 0 aromatic carbocycles. The maximum atomic E-state index is 5.06. The molecule has 0 aliphatic rings. The third-order valence-electron chi connectivity index (χ3n) is 1.99. The van der Waals surface area contributed by atoms with Gasteiger partial charge >= 0.3 is 0 Å². The predicted molar refractivity (Wildman–Crippen MR) is 130 cm³/mol. The molecular weight excluding hydrogens is 357 g/mol. The zero-order chi connectivity index (χ0) is 14.4. The standard InChI is InChI=1S/C10H29N4OP3.6CH4/c1-11-18(8,12-9-10-15-2)14-17(6,7)13-16(3,4)5;;;;;;/h12H,9-10H2,1-8H3;6*1H4. The van der Waals surface area contributed by atoms with E-state index in [0.717, 1.165) is 6.54 Å². The first-order valence-electron chi connectivity index (χ1n) is 5.90. The summed E-state index contributed by atoms with van der Waals surface area (Å²) in [6.45, 7) is 14.6. The molecule has 24 heavy (non-hydrogen) atoms. The van der Waals surface area contributed by atoms with Gasteiger partial charge in [0, 0.05) is 27.4 Å². The summed E-state index contributed by atoms with van der Waals surface area (Å²) in [7, 11) is -1.02. The predicted octanol–water partition coefficient (Wildman–Crippen LogP) is 7.80. The van der Waals surface area contributed by atoms with Crippen molar-refractivity contribution in [1.82, 2.24) is 5.09 Å². The molecule has 0 aromatic heterocycles. The van der Waals surface area contributed by atoms with E-state index in [1.807, 2.05) is 7.05 Å². The lowest BCUT2D eigenvalue weighted by Crippen LogP contribution is -2.14. The van der Waals surface area contributed by atoms with Crippen molar-refractivity contribution >= 4 is 21.6 Å². The van der Waals surface area contributed by atoms with Gasteiger partial charge in [0.2, 0.25) is 0 Å². The summed E-state index contributed by atoms with van der Waals surface area (Å²) < 4.78 is 19.4. The van der Waals surface area contributed by atoms with E-state index in [4.69, 9.17) is 13.8 Å². The van der Waals surface area contributed by atoms with Gasteiger partial charge in [0.15, 0.2) is 0 Å². The summed E-state index contributed by atoms with van der Waals surface area (Å²) in [6, 6.07) is 0. The van der Waals surface area contributed by atoms with Crippen LogP contribution in [0.1, 0.15) is 44.6 Å². The summed E-state index contributed by atoms with van der Waals surface area (Å²) in [5.41, 5.74) is 0. The highest BCUT2D eigenvalue weighted by molar-refractivity contribution is 7.79. The zero-order valence-electron chi connectivity index (χ0n) is 13.0. The maximum Gasteiger partial charge on any atom is 0.134 e. The Morgan fingerprint density at radius 2 is 1.21 bits per heavy atom. The molecule has 0 bridgehead atoms. The van der Waals surface area contributed by atoms with Crippen LogP contribution in [0.3, 0.4) is 0 Å². The van der Waals surface area contributed by atoms with Gasteiger partial charge in [0.25, 0.3) is 0 Å². The van der Waals surface area contributed by atoms with Crippen molar-refractivity contribution in [3.05, 3.63) is 0 Å². The molecule has 0 spiro atoms. The van der Waals surface area contributed by atoms with Gasteiger partial charge in [-0.05, 0) is 40.4 Å². The molecule has 158 valence electrons. The molecule has 1 atom stereocenters. The minimum absolute atomic E-state index is 0. The van der Waals surface area contributed by atoms with Gasteiger partial charge in [-0.2, -0.15) is 0 Å². The van der Waals surface area contributed by atoms with E-state index in [1.165, 1.54) is 0 Å². The van der Waals surface area contributed by atoms with Crippen LogP contribution in [0.2, 0.25) is 0 Å². The SMILES string of the molecule is C.C.C.C.C.C.CN=P(C)(N=P(C)(C)N=P(C)(C)C)NCCOC. The molecule has 0 fully saturated rings. The van der Waals surface area contributed by atoms with Crippen molar-refractivity contribution in [3.63, 3.8) is 0 Å². The largest absolute Gasteiger partial charge is 0.383 e. The molecule has 0 saturated heterocycles. The van der Waals surface area contributed by atoms with Gasteiger partial charge in [-0.15, -0.1) is 0 Å². The molecule has 5 nitrogen and oxygen atoms in total. The maximum absolute atomic E-state index is 5.06. The van der Waals surface area contributed by atoms with Crippen LogP contribution in [0.5, 0.6) is 0 Å². The Bertz CT molecular complexity index is 415. The Kier molecular flexibility index (Phi) is 33.9. The van der Waals surface area contributed by atoms with Gasteiger partial charge in [-0.3, -0.25) is 14.3 Å². The molecule has 1 N–H and O–H groups in total. The minimum atomic E-state index is -1.79. The van der Waals surface area contributed by atoms with E-state index < -0.39 is 21.6 Å². The number of ether oxygens (including phenoxy) is 1. The van der Waals surface area contributed by atoms with Gasteiger partial charge in [0.05, 0.1) is 13.8 Å². The molecular formula is C16H53N4OP3. The molecule has 0 radical (unpaired) electrons. The second-order valence-corrected chi connectivity index (χ2v) is 16.0. The van der Waals surface area contributed by atoms with Crippen LogP contribution in [-0.2, 0) is 4.74 Å². The zero-order valence-corrected chi connectivity index (χ0v) is 15.7. The third kappa shape index (κ3) is 22.6. The average molecular weight is 411 g/mol. The Morgan fingerprint density at radius 3 is 1.50 bits per heavy atom. The van der Waals surface area contributed by atoms with Crippen LogP contribution in [0, 0.1) is 0 Å². The summed E-state index contributed by atoms with van der Waals surface area (Å²) in [6.07, 6.45) is 0. The number of hydrogen-bond donors (Lipinski definition) is 1. The smallest absolute Gasteiger partial charge is 0.134 e. The van der Waals surface area contributed by atoms with E-state index >= 15 is 0 Å². The van der Waals surface area contributed by atoms with Crippen molar-refractivity contribution < 1.29 is 4.74 Å². The van der Waals surface area contributed by atoms with Crippen molar-refractivity contribution in [2.75, 3.05) is 67.3 Å². The Balaban J connectivity index is -0.0000000963. The number of methoxy groups -OCH3 is 1. The second-order valence-electron chi connectivity index (χ2n) is 5.47. The van der Waals surface area contributed by atoms with Crippen molar-refractivity contribution in [2.45, 2.75) is 44.6 Å². The fraction of sp³-hybridized carbons (Fsp3) is 1.00. The molecule has 0 rings (SSSR count). The first-order chi connectivity index (χ1) is 8.04. The Morgan fingerprint density at radius 1 is 0.792 bits per heavy atom. The molecule has 0 amide bonds. The van der Waals surface area contributed by atoms with Gasteiger partial charge < -0.3 is 4.74 Å². The fourth-order valence-corrected chi connectivity index (χ4v) is 12.0. The highest BCUT2D eigenvalue weighted by atomic mass is 31.2. The van der Waals surface area contributed by atoms with Crippen LogP contribution in [0.15, 0.2) is 13.8 Å². The second kappa shape index (κ2) is 18.4. The number of nitrogens with zero attached hydrogens (tertiary/aromatic N) is 3. The topological polar surface area (TPSA) is 58.3 Å². The molecule has 0 aliphatic carbocycles. The summed E-state index contributed by atoms with van der Waals surface area (Å²) >= 11 is 0. The minimum Gasteiger partial charge on any atom is -0.383 e. The van der Waals surface area contributed by atoms with Crippen LogP contribution in [0.4, 0.5) is 0 Å². The van der Waals surface area contributed by atoms with Crippen molar-refractivity contribution in [2.24, 2.45) is 13.8 Å². The molecule has 0 aliphatic heterocycles. The fourth-order valence-electron chi connectivity index (χ4n) is 1.60. The lowest BCUT2D eigenvalue weighted by molar-refractivity contribution is 0.204. The van der Waals surface area contributed by atoms with Crippen LogP contribution in [0.25, 0.3) is 0 Å². The van der Waals surface area contributed by atoms with Crippen molar-refractivity contribution in [1.29, 1.82) is 0 Å². The highest BCUT2D eigenvalue weighted by Crippen LogP contribution is 2.61. The average Bonchev–Trinajstić information content (AvgIpc) is 2.13. The number of nitrogens with one attached hydrogen (secondary N) is 1. The normalized spacial score (nSPS) is 12.0. The van der Waals surface area contributed by atoms with E-state index in [9.17, 15) is 0 Å². The lowest BCUT2D eigenvalue weighted by Gasteiger charge is -2.22. The Labute approximate surface area is 157 Å². The monoisotopic (exact) mass is 410 g/mol. The molecule has 0 heterocycles. The molecule has 0 saturated carbocycles. The van der Waals surface area contributed by atoms with E-state index in [-0.39, 0.29) is 44.6 Å². The number of rotatable bonds is 6. The summed E-state index contributed by atoms with van der Waals surface area (Å²) in [4.78, 5) is 0. The Hall–Kier alpha value is 0.610. The lowest BCUT2D eigenvalue weighted by atomic mass is 10.7. The van der Waals surface area contributed by atoms with E-state index in [0.29, 0.717) is 6.61 Å². The first kappa shape index (κ1) is 44.2. The van der Waals surface area contributed by atoms with Gasteiger partial charge in [0.1, 0.15) is 7.36 Å². The van der Waals surface area contributed by atoms with E-state index in [1.54, 1.807) is 7.11 Å². The third-order valence-corrected chi connectivity index (χ3v) is 10.6. The van der Waals surface area contributed by atoms with Crippen molar-refractivity contribution in [3.8, 4) is 0 Å². The molecule has 8 heteroatoms. The van der Waals surface area contributed by atoms with Gasteiger partial charge in [-0.25, -0.2) is 4.52 Å². The van der Waals surface area contributed by atoms with Gasteiger partial charge in [-0.1, -0.05) is 44.6 Å². The first-order valence-corrected chi connectivity index (χ1v) is 13.7. The highest BCUT2D eigenvalue weighted by Gasteiger charge is 2.14. The van der Waals surface area contributed by atoms with Crippen LogP contribution >= 0.6 is 21.6 Å². The quantitative estimate of drug-likeness (QED) is 0.359. The van der Waals surface area contributed by atoms with Crippen LogP contribution < -0.4 is 5.09 Å². The molecule has 1 unspecified atom stereocenters. The van der Waals surface area contributed by atoms with Crippen LogP contribution in [-0.4, -0.2) is 67.3 Å². The summed E-state index contributed by atoms with van der Waals surface area (Å²) in [5, 5.41) is 3.42. The van der Waals surface area contributed by atoms with E-state index in [2.05, 4.69) is 49.8 Å². The molecule has 0 aromatic rings.